The Labute approximate surface area is 123 Å². The molecule has 2 rings (SSSR count). The minimum Gasteiger partial charge on any atom is -0.306 e. The second kappa shape index (κ2) is 6.46. The first-order valence-corrected chi connectivity index (χ1v) is 7.60. The van der Waals surface area contributed by atoms with Crippen LogP contribution in [-0.4, -0.2) is 16.7 Å². The van der Waals surface area contributed by atoms with E-state index >= 15 is 0 Å². The highest BCUT2D eigenvalue weighted by Gasteiger charge is 2.18. The maximum Gasteiger partial charge on any atom is 0.0931 e. The van der Waals surface area contributed by atoms with Crippen molar-refractivity contribution in [2.75, 3.05) is 6.54 Å². The predicted octanol–water partition coefficient (Wildman–Crippen LogP) is 3.90. The highest BCUT2D eigenvalue weighted by molar-refractivity contribution is 7.16. The third-order valence-corrected chi connectivity index (χ3v) is 4.22. The summed E-state index contributed by atoms with van der Waals surface area (Å²) in [6.45, 7) is 7.08. The number of thiophene rings is 1. The normalized spacial score (nSPS) is 12.6. The lowest BCUT2D eigenvalue weighted by Crippen LogP contribution is -2.23. The van der Waals surface area contributed by atoms with Crippen LogP contribution in [0.3, 0.4) is 0 Å². The molecule has 0 radical (unpaired) electrons. The van der Waals surface area contributed by atoms with Crippen LogP contribution in [0.5, 0.6) is 0 Å². The average molecular weight is 296 g/mol. The van der Waals surface area contributed by atoms with E-state index in [0.717, 1.165) is 28.7 Å². The van der Waals surface area contributed by atoms with Crippen LogP contribution in [0.4, 0.5) is 0 Å². The van der Waals surface area contributed by atoms with Gasteiger partial charge in [-0.25, -0.2) is 0 Å². The van der Waals surface area contributed by atoms with Gasteiger partial charge in [0.1, 0.15) is 0 Å². The molecule has 5 heteroatoms. The lowest BCUT2D eigenvalue weighted by molar-refractivity contribution is 0.598. The zero-order valence-electron chi connectivity index (χ0n) is 11.4. The van der Waals surface area contributed by atoms with E-state index in [-0.39, 0.29) is 6.04 Å². The molecular formula is C14H18ClN3S. The van der Waals surface area contributed by atoms with Gasteiger partial charge in [-0.05, 0) is 50.6 Å². The molecule has 0 aliphatic heterocycles. The molecule has 1 atom stereocenters. The molecule has 0 saturated heterocycles. The molecule has 102 valence electrons. The van der Waals surface area contributed by atoms with Crippen LogP contribution in [0.25, 0.3) is 0 Å². The number of halogens is 1. The Hall–Kier alpha value is -0.970. The van der Waals surface area contributed by atoms with Gasteiger partial charge in [-0.2, -0.15) is 10.2 Å². The van der Waals surface area contributed by atoms with Crippen LogP contribution in [0.15, 0.2) is 18.2 Å². The average Bonchev–Trinajstić information content (AvgIpc) is 2.80. The highest BCUT2D eigenvalue weighted by Crippen LogP contribution is 2.32. The van der Waals surface area contributed by atoms with E-state index in [1.165, 1.54) is 10.4 Å². The lowest BCUT2D eigenvalue weighted by atomic mass is 10.0. The molecule has 0 fully saturated rings. The Kier molecular flexibility index (Phi) is 4.91. The van der Waals surface area contributed by atoms with Crippen molar-refractivity contribution in [3.05, 3.63) is 44.4 Å². The smallest absolute Gasteiger partial charge is 0.0931 e. The molecule has 0 aliphatic rings. The second-order valence-corrected chi connectivity index (χ2v) is 6.30. The van der Waals surface area contributed by atoms with Crippen molar-refractivity contribution in [1.82, 2.24) is 15.5 Å². The summed E-state index contributed by atoms with van der Waals surface area (Å²) in [6.07, 6.45) is 1.09. The summed E-state index contributed by atoms with van der Waals surface area (Å²) in [5, 5.41) is 11.9. The van der Waals surface area contributed by atoms with Crippen molar-refractivity contribution in [3.8, 4) is 0 Å². The molecule has 0 saturated carbocycles. The van der Waals surface area contributed by atoms with Crippen molar-refractivity contribution in [1.29, 1.82) is 0 Å². The molecule has 2 aromatic rings. The summed E-state index contributed by atoms with van der Waals surface area (Å²) in [4.78, 5) is 1.22. The Balaban J connectivity index is 2.39. The van der Waals surface area contributed by atoms with E-state index in [9.17, 15) is 0 Å². The molecular weight excluding hydrogens is 278 g/mol. The van der Waals surface area contributed by atoms with Crippen LogP contribution >= 0.6 is 22.9 Å². The van der Waals surface area contributed by atoms with E-state index in [1.54, 1.807) is 11.3 Å². The monoisotopic (exact) mass is 295 g/mol. The third kappa shape index (κ3) is 3.53. The summed E-state index contributed by atoms with van der Waals surface area (Å²) in [5.74, 6) is 0. The second-order valence-electron chi connectivity index (χ2n) is 4.56. The fraction of sp³-hybridized carbons (Fsp3) is 0.429. The van der Waals surface area contributed by atoms with Gasteiger partial charge in [0.2, 0.25) is 0 Å². The van der Waals surface area contributed by atoms with Crippen molar-refractivity contribution in [2.24, 2.45) is 0 Å². The maximum atomic E-state index is 6.06. The van der Waals surface area contributed by atoms with Crippen LogP contribution < -0.4 is 5.32 Å². The lowest BCUT2D eigenvalue weighted by Gasteiger charge is -2.19. The number of aromatic nitrogens is 2. The minimum atomic E-state index is 0.145. The zero-order chi connectivity index (χ0) is 13.8. The highest BCUT2D eigenvalue weighted by atomic mass is 35.5. The van der Waals surface area contributed by atoms with Gasteiger partial charge >= 0.3 is 0 Å². The molecule has 1 unspecified atom stereocenters. The van der Waals surface area contributed by atoms with Gasteiger partial charge in [-0.15, -0.1) is 11.3 Å². The summed E-state index contributed by atoms with van der Waals surface area (Å²) < 4.78 is 0.815. The van der Waals surface area contributed by atoms with Gasteiger partial charge in [0.25, 0.3) is 0 Å². The number of nitrogens with zero attached hydrogens (tertiary/aromatic N) is 2. The van der Waals surface area contributed by atoms with Gasteiger partial charge in [0, 0.05) is 4.88 Å². The fourth-order valence-corrected chi connectivity index (χ4v) is 3.15. The minimum absolute atomic E-state index is 0.145. The van der Waals surface area contributed by atoms with Crippen LogP contribution in [0, 0.1) is 13.8 Å². The first-order chi connectivity index (χ1) is 9.11. The Morgan fingerprint density at radius 3 is 2.74 bits per heavy atom. The van der Waals surface area contributed by atoms with E-state index in [2.05, 4.69) is 34.6 Å². The van der Waals surface area contributed by atoms with E-state index in [0.29, 0.717) is 0 Å². The number of aryl methyl sites for hydroxylation is 2. The first-order valence-electron chi connectivity index (χ1n) is 6.41. The van der Waals surface area contributed by atoms with Crippen molar-refractivity contribution < 1.29 is 0 Å². The van der Waals surface area contributed by atoms with Crippen LogP contribution in [-0.2, 0) is 0 Å². The standard InChI is InChI=1S/C14H18ClN3S/c1-4-7-16-14(12-5-6-13(15)19-12)11-8-9(2)17-18-10(11)3/h5-6,8,14,16H,4,7H2,1-3H3. The molecule has 3 nitrogen and oxygen atoms in total. The zero-order valence-corrected chi connectivity index (χ0v) is 13.0. The largest absolute Gasteiger partial charge is 0.306 e. The van der Waals surface area contributed by atoms with Gasteiger partial charge in [-0.1, -0.05) is 18.5 Å². The van der Waals surface area contributed by atoms with Crippen molar-refractivity contribution in [3.63, 3.8) is 0 Å². The van der Waals surface area contributed by atoms with Crippen LogP contribution in [0.1, 0.15) is 41.2 Å². The number of hydrogen-bond acceptors (Lipinski definition) is 4. The molecule has 0 aliphatic carbocycles. The van der Waals surface area contributed by atoms with Gasteiger partial charge in [-0.3, -0.25) is 0 Å². The van der Waals surface area contributed by atoms with Gasteiger partial charge < -0.3 is 5.32 Å². The maximum absolute atomic E-state index is 6.06. The third-order valence-electron chi connectivity index (χ3n) is 2.93. The van der Waals surface area contributed by atoms with Gasteiger partial charge in [0.15, 0.2) is 0 Å². The molecule has 0 spiro atoms. The Morgan fingerprint density at radius 2 is 2.11 bits per heavy atom. The molecule has 0 aromatic carbocycles. The van der Waals surface area contributed by atoms with E-state index < -0.39 is 0 Å². The Bertz CT molecular complexity index is 553. The summed E-state index contributed by atoms with van der Waals surface area (Å²) in [6, 6.07) is 6.27. The van der Waals surface area contributed by atoms with Gasteiger partial charge in [0.05, 0.1) is 21.8 Å². The fourth-order valence-electron chi connectivity index (χ4n) is 2.00. The Morgan fingerprint density at radius 1 is 1.32 bits per heavy atom. The van der Waals surface area contributed by atoms with Crippen molar-refractivity contribution in [2.45, 2.75) is 33.2 Å². The number of rotatable bonds is 5. The molecule has 19 heavy (non-hydrogen) atoms. The molecule has 2 heterocycles. The van der Waals surface area contributed by atoms with E-state index in [4.69, 9.17) is 11.6 Å². The van der Waals surface area contributed by atoms with Crippen LogP contribution in [0.2, 0.25) is 4.34 Å². The molecule has 0 amide bonds. The SMILES string of the molecule is CCCNC(c1ccc(Cl)s1)c1cc(C)nnc1C. The number of nitrogens with one attached hydrogen (secondary N) is 1. The molecule has 2 aromatic heterocycles. The summed E-state index contributed by atoms with van der Waals surface area (Å²) >= 11 is 7.67. The summed E-state index contributed by atoms with van der Waals surface area (Å²) in [7, 11) is 0. The first kappa shape index (κ1) is 14.4. The van der Waals surface area contributed by atoms with Crippen molar-refractivity contribution >= 4 is 22.9 Å². The molecule has 0 bridgehead atoms. The topological polar surface area (TPSA) is 37.8 Å². The summed E-state index contributed by atoms with van der Waals surface area (Å²) in [5.41, 5.74) is 3.08. The quantitative estimate of drug-likeness (QED) is 0.909. The predicted molar refractivity (Wildman–Crippen MR) is 81.0 cm³/mol. The molecule has 1 N–H and O–H groups in total. The van der Waals surface area contributed by atoms with E-state index in [1.807, 2.05) is 19.9 Å². The number of hydrogen-bond donors (Lipinski definition) is 1.